The smallest absolute Gasteiger partial charge is 0.119 e. The highest BCUT2D eigenvalue weighted by molar-refractivity contribution is 6.42. The third-order valence-corrected chi connectivity index (χ3v) is 3.53. The van der Waals surface area contributed by atoms with Crippen LogP contribution in [0.25, 0.3) is 0 Å². The van der Waals surface area contributed by atoms with Gasteiger partial charge in [-0.3, -0.25) is 0 Å². The van der Waals surface area contributed by atoms with Crippen molar-refractivity contribution >= 4 is 23.2 Å². The van der Waals surface area contributed by atoms with E-state index in [1.54, 1.807) is 12.1 Å². The molecule has 2 rings (SSSR count). The number of nitrogens with two attached hydrogens (primary N) is 1. The van der Waals surface area contributed by atoms with E-state index in [2.05, 4.69) is 0 Å². The Labute approximate surface area is 123 Å². The molecule has 0 spiro atoms. The number of hydrogen-bond donors (Lipinski definition) is 1. The molecule has 4 heteroatoms. The third kappa shape index (κ3) is 3.87. The minimum Gasteiger partial charge on any atom is -0.489 e. The lowest BCUT2D eigenvalue weighted by Gasteiger charge is -2.09. The Morgan fingerprint density at radius 2 is 1.74 bits per heavy atom. The van der Waals surface area contributed by atoms with Crippen LogP contribution in [0.1, 0.15) is 24.1 Å². The Balaban J connectivity index is 2.00. The number of ether oxygens (including phenoxy) is 1. The van der Waals surface area contributed by atoms with Crippen LogP contribution in [-0.2, 0) is 6.61 Å². The van der Waals surface area contributed by atoms with Gasteiger partial charge in [0, 0.05) is 6.04 Å². The van der Waals surface area contributed by atoms with E-state index in [-0.39, 0.29) is 6.04 Å². The van der Waals surface area contributed by atoms with Crippen molar-refractivity contribution in [3.05, 3.63) is 63.6 Å². The zero-order valence-electron chi connectivity index (χ0n) is 10.6. The topological polar surface area (TPSA) is 35.2 Å². The second kappa shape index (κ2) is 6.29. The van der Waals surface area contributed by atoms with Crippen LogP contribution in [-0.4, -0.2) is 0 Å². The molecule has 0 aliphatic rings. The van der Waals surface area contributed by atoms with Crippen LogP contribution in [0.2, 0.25) is 10.0 Å². The molecule has 0 radical (unpaired) electrons. The molecule has 0 saturated carbocycles. The summed E-state index contributed by atoms with van der Waals surface area (Å²) in [6, 6.07) is 13.3. The van der Waals surface area contributed by atoms with Crippen molar-refractivity contribution in [1.29, 1.82) is 0 Å². The molecule has 0 saturated heterocycles. The maximum atomic E-state index is 5.95. The highest BCUT2D eigenvalue weighted by Crippen LogP contribution is 2.23. The Hall–Kier alpha value is -1.22. The van der Waals surface area contributed by atoms with Crippen LogP contribution < -0.4 is 10.5 Å². The molecule has 2 aromatic carbocycles. The zero-order valence-corrected chi connectivity index (χ0v) is 12.1. The quantitative estimate of drug-likeness (QED) is 0.895. The van der Waals surface area contributed by atoms with E-state index in [4.69, 9.17) is 33.7 Å². The van der Waals surface area contributed by atoms with Gasteiger partial charge in [-0.1, -0.05) is 41.4 Å². The molecule has 2 aromatic rings. The number of benzene rings is 2. The van der Waals surface area contributed by atoms with Crippen LogP contribution in [0.3, 0.4) is 0 Å². The molecule has 0 bridgehead atoms. The summed E-state index contributed by atoms with van der Waals surface area (Å²) < 4.78 is 5.68. The largest absolute Gasteiger partial charge is 0.489 e. The Kier molecular flexibility index (Phi) is 4.70. The van der Waals surface area contributed by atoms with Gasteiger partial charge in [-0.2, -0.15) is 0 Å². The fraction of sp³-hybridized carbons (Fsp3) is 0.200. The molecule has 0 aliphatic carbocycles. The molecular formula is C15H15Cl2NO. The van der Waals surface area contributed by atoms with E-state index in [1.807, 2.05) is 37.3 Å². The average molecular weight is 296 g/mol. The second-order valence-corrected chi connectivity index (χ2v) is 5.21. The van der Waals surface area contributed by atoms with Crippen LogP contribution in [0.4, 0.5) is 0 Å². The molecule has 0 amide bonds. The zero-order chi connectivity index (χ0) is 13.8. The van der Waals surface area contributed by atoms with E-state index in [0.717, 1.165) is 16.9 Å². The van der Waals surface area contributed by atoms with Crippen molar-refractivity contribution in [2.75, 3.05) is 0 Å². The average Bonchev–Trinajstić information content (AvgIpc) is 2.40. The minimum absolute atomic E-state index is 0.0316. The lowest BCUT2D eigenvalue weighted by Crippen LogP contribution is -2.04. The fourth-order valence-corrected chi connectivity index (χ4v) is 1.98. The summed E-state index contributed by atoms with van der Waals surface area (Å²) in [7, 11) is 0. The van der Waals surface area contributed by atoms with E-state index < -0.39 is 0 Å². The van der Waals surface area contributed by atoms with Crippen molar-refractivity contribution in [3.8, 4) is 5.75 Å². The first-order valence-electron chi connectivity index (χ1n) is 5.98. The van der Waals surface area contributed by atoms with Gasteiger partial charge in [0.05, 0.1) is 10.0 Å². The number of hydrogen-bond acceptors (Lipinski definition) is 2. The third-order valence-electron chi connectivity index (χ3n) is 2.80. The molecule has 0 aliphatic heterocycles. The summed E-state index contributed by atoms with van der Waals surface area (Å²) in [4.78, 5) is 0. The molecule has 100 valence electrons. The molecule has 0 heterocycles. The highest BCUT2D eigenvalue weighted by atomic mass is 35.5. The first-order valence-corrected chi connectivity index (χ1v) is 6.74. The summed E-state index contributed by atoms with van der Waals surface area (Å²) in [6.07, 6.45) is 0. The first-order chi connectivity index (χ1) is 9.06. The lowest BCUT2D eigenvalue weighted by molar-refractivity contribution is 0.306. The first kappa shape index (κ1) is 14.2. The number of halogens is 2. The Bertz CT molecular complexity index is 553. The normalized spacial score (nSPS) is 12.2. The second-order valence-electron chi connectivity index (χ2n) is 4.39. The van der Waals surface area contributed by atoms with Gasteiger partial charge in [-0.15, -0.1) is 0 Å². The van der Waals surface area contributed by atoms with Crippen molar-refractivity contribution in [2.45, 2.75) is 19.6 Å². The van der Waals surface area contributed by atoms with Crippen molar-refractivity contribution in [1.82, 2.24) is 0 Å². The summed E-state index contributed by atoms with van der Waals surface area (Å²) >= 11 is 11.8. The van der Waals surface area contributed by atoms with E-state index in [1.165, 1.54) is 0 Å². The minimum atomic E-state index is 0.0316. The molecule has 1 atom stereocenters. The van der Waals surface area contributed by atoms with Gasteiger partial charge in [-0.25, -0.2) is 0 Å². The lowest BCUT2D eigenvalue weighted by atomic mass is 10.1. The van der Waals surface area contributed by atoms with Crippen molar-refractivity contribution < 1.29 is 4.74 Å². The van der Waals surface area contributed by atoms with Gasteiger partial charge in [0.15, 0.2) is 0 Å². The summed E-state index contributed by atoms with van der Waals surface area (Å²) in [6.45, 7) is 2.40. The molecule has 2 N–H and O–H groups in total. The molecule has 2 nitrogen and oxygen atoms in total. The van der Waals surface area contributed by atoms with E-state index >= 15 is 0 Å². The van der Waals surface area contributed by atoms with E-state index in [0.29, 0.717) is 16.7 Å². The molecular weight excluding hydrogens is 281 g/mol. The fourth-order valence-electron chi connectivity index (χ4n) is 1.66. The molecule has 0 unspecified atom stereocenters. The van der Waals surface area contributed by atoms with Crippen LogP contribution in [0.5, 0.6) is 5.75 Å². The molecule has 19 heavy (non-hydrogen) atoms. The molecule has 0 aromatic heterocycles. The highest BCUT2D eigenvalue weighted by Gasteiger charge is 2.02. The van der Waals surface area contributed by atoms with Crippen LogP contribution >= 0.6 is 23.2 Å². The maximum Gasteiger partial charge on any atom is 0.119 e. The predicted octanol–water partition coefficient (Wildman–Crippen LogP) is 4.59. The van der Waals surface area contributed by atoms with Gasteiger partial charge in [0.25, 0.3) is 0 Å². The van der Waals surface area contributed by atoms with Gasteiger partial charge >= 0.3 is 0 Å². The van der Waals surface area contributed by atoms with Crippen molar-refractivity contribution in [2.24, 2.45) is 5.73 Å². The predicted molar refractivity (Wildman–Crippen MR) is 79.8 cm³/mol. The Morgan fingerprint density at radius 1 is 1.05 bits per heavy atom. The standard InChI is InChI=1S/C15H15Cl2NO/c1-10(18)12-3-5-13(6-4-12)19-9-11-2-7-14(16)15(17)8-11/h2-8,10H,9,18H2,1H3/t10-/m0/s1. The summed E-state index contributed by atoms with van der Waals surface area (Å²) in [5, 5.41) is 1.08. The van der Waals surface area contributed by atoms with Crippen molar-refractivity contribution in [3.63, 3.8) is 0 Å². The number of rotatable bonds is 4. The molecule has 0 fully saturated rings. The van der Waals surface area contributed by atoms with Gasteiger partial charge in [-0.05, 0) is 42.3 Å². The van der Waals surface area contributed by atoms with Gasteiger partial charge in [0.1, 0.15) is 12.4 Å². The van der Waals surface area contributed by atoms with Crippen LogP contribution in [0.15, 0.2) is 42.5 Å². The summed E-state index contributed by atoms with van der Waals surface area (Å²) in [5.74, 6) is 0.801. The SMILES string of the molecule is C[C@H](N)c1ccc(OCc2ccc(Cl)c(Cl)c2)cc1. The van der Waals surface area contributed by atoms with Crippen LogP contribution in [0, 0.1) is 0 Å². The van der Waals surface area contributed by atoms with E-state index in [9.17, 15) is 0 Å². The maximum absolute atomic E-state index is 5.95. The monoisotopic (exact) mass is 295 g/mol. The Morgan fingerprint density at radius 3 is 2.32 bits per heavy atom. The van der Waals surface area contributed by atoms with Gasteiger partial charge in [0.2, 0.25) is 0 Å². The summed E-state index contributed by atoms with van der Waals surface area (Å²) in [5.41, 5.74) is 7.85. The van der Waals surface area contributed by atoms with Gasteiger partial charge < -0.3 is 10.5 Å².